The van der Waals surface area contributed by atoms with Crippen LogP contribution in [0.25, 0.3) is 5.69 Å². The summed E-state index contributed by atoms with van der Waals surface area (Å²) >= 11 is 5.99. The number of nitrogens with zero attached hydrogens (tertiary/aromatic N) is 2. The van der Waals surface area contributed by atoms with Crippen LogP contribution in [0.4, 0.5) is 0 Å². The SMILES string of the molecule is Cc1cc(=O)c(C(=O)NCC2(O)CCC2)nn1-c1cccc(Cl)c1. The number of amides is 1. The predicted octanol–water partition coefficient (Wildman–Crippen LogP) is 1.84. The quantitative estimate of drug-likeness (QED) is 0.883. The molecule has 1 heterocycles. The van der Waals surface area contributed by atoms with Crippen molar-refractivity contribution in [2.24, 2.45) is 0 Å². The zero-order valence-electron chi connectivity index (χ0n) is 13.3. The van der Waals surface area contributed by atoms with Gasteiger partial charge in [-0.15, -0.1) is 0 Å². The van der Waals surface area contributed by atoms with E-state index in [9.17, 15) is 14.7 Å². The van der Waals surface area contributed by atoms with Crippen molar-refractivity contribution in [3.63, 3.8) is 0 Å². The highest BCUT2D eigenvalue weighted by Gasteiger charge is 2.34. The number of carbonyl (C=O) groups excluding carboxylic acids is 1. The van der Waals surface area contributed by atoms with Gasteiger partial charge in [0.05, 0.1) is 11.3 Å². The first-order valence-corrected chi connectivity index (χ1v) is 8.13. The molecule has 1 saturated carbocycles. The highest BCUT2D eigenvalue weighted by molar-refractivity contribution is 6.30. The molecule has 24 heavy (non-hydrogen) atoms. The molecule has 2 N–H and O–H groups in total. The van der Waals surface area contributed by atoms with Gasteiger partial charge in [0.15, 0.2) is 5.69 Å². The maximum Gasteiger partial charge on any atom is 0.275 e. The Kier molecular flexibility index (Phi) is 4.43. The van der Waals surface area contributed by atoms with Gasteiger partial charge in [0, 0.05) is 23.3 Å². The molecular formula is C17H18ClN3O3. The summed E-state index contributed by atoms with van der Waals surface area (Å²) < 4.78 is 1.50. The minimum absolute atomic E-state index is 0.123. The Labute approximate surface area is 144 Å². The van der Waals surface area contributed by atoms with Crippen LogP contribution in [0.5, 0.6) is 0 Å². The third-order valence-electron chi connectivity index (χ3n) is 4.24. The molecular weight excluding hydrogens is 330 g/mol. The number of benzene rings is 1. The van der Waals surface area contributed by atoms with Crippen molar-refractivity contribution in [3.8, 4) is 5.69 Å². The number of aliphatic hydroxyl groups is 1. The Morgan fingerprint density at radius 2 is 2.17 bits per heavy atom. The summed E-state index contributed by atoms with van der Waals surface area (Å²) in [4.78, 5) is 24.4. The molecule has 1 aromatic heterocycles. The number of aryl methyl sites for hydroxylation is 1. The van der Waals surface area contributed by atoms with Crippen molar-refractivity contribution in [2.75, 3.05) is 6.54 Å². The van der Waals surface area contributed by atoms with E-state index in [1.165, 1.54) is 10.7 Å². The second-order valence-electron chi connectivity index (χ2n) is 6.15. The number of carbonyl (C=O) groups is 1. The Hall–Kier alpha value is -2.18. The van der Waals surface area contributed by atoms with Crippen LogP contribution < -0.4 is 10.7 Å². The van der Waals surface area contributed by atoms with Crippen LogP contribution in [-0.2, 0) is 0 Å². The van der Waals surface area contributed by atoms with Crippen molar-refractivity contribution in [3.05, 3.63) is 57.0 Å². The van der Waals surface area contributed by atoms with Crippen molar-refractivity contribution < 1.29 is 9.90 Å². The van der Waals surface area contributed by atoms with Crippen molar-refractivity contribution in [1.29, 1.82) is 0 Å². The molecule has 1 aliphatic carbocycles. The molecule has 0 spiro atoms. The molecule has 126 valence electrons. The Morgan fingerprint density at radius 1 is 1.42 bits per heavy atom. The molecule has 1 fully saturated rings. The summed E-state index contributed by atoms with van der Waals surface area (Å²) in [5.41, 5.74) is -0.262. The van der Waals surface area contributed by atoms with E-state index in [0.29, 0.717) is 29.2 Å². The van der Waals surface area contributed by atoms with Gasteiger partial charge < -0.3 is 10.4 Å². The van der Waals surface area contributed by atoms with E-state index in [1.807, 2.05) is 0 Å². The first-order valence-electron chi connectivity index (χ1n) is 7.75. The lowest BCUT2D eigenvalue weighted by Gasteiger charge is -2.36. The maximum atomic E-state index is 12.3. The maximum absolute atomic E-state index is 12.3. The Bertz CT molecular complexity index is 843. The second kappa shape index (κ2) is 6.37. The van der Waals surface area contributed by atoms with Crippen LogP contribution in [-0.4, -0.2) is 32.9 Å². The highest BCUT2D eigenvalue weighted by atomic mass is 35.5. The molecule has 0 bridgehead atoms. The van der Waals surface area contributed by atoms with Crippen molar-refractivity contribution >= 4 is 17.5 Å². The van der Waals surface area contributed by atoms with E-state index >= 15 is 0 Å². The van der Waals surface area contributed by atoms with Crippen LogP contribution in [0.15, 0.2) is 35.1 Å². The van der Waals surface area contributed by atoms with E-state index in [4.69, 9.17) is 11.6 Å². The number of hydrogen-bond acceptors (Lipinski definition) is 4. The molecule has 3 rings (SSSR count). The number of rotatable bonds is 4. The normalized spacial score (nSPS) is 15.6. The van der Waals surface area contributed by atoms with Gasteiger partial charge in [0.25, 0.3) is 5.91 Å². The van der Waals surface area contributed by atoms with Crippen molar-refractivity contribution in [2.45, 2.75) is 31.8 Å². The minimum Gasteiger partial charge on any atom is -0.388 e. The molecule has 6 nitrogen and oxygen atoms in total. The molecule has 1 aromatic carbocycles. The standard InChI is InChI=1S/C17H18ClN3O3/c1-11-8-14(22)15(16(23)19-10-17(24)6-3-7-17)20-21(11)13-5-2-4-12(18)9-13/h2,4-5,8-9,24H,3,6-7,10H2,1H3,(H,19,23). The van der Waals surface area contributed by atoms with Crippen LogP contribution >= 0.6 is 11.6 Å². The van der Waals surface area contributed by atoms with E-state index in [-0.39, 0.29) is 12.2 Å². The minimum atomic E-state index is -0.855. The van der Waals surface area contributed by atoms with E-state index in [2.05, 4.69) is 10.4 Å². The average Bonchev–Trinajstić information content (AvgIpc) is 2.51. The molecule has 0 saturated heterocycles. The molecule has 1 amide bonds. The van der Waals surface area contributed by atoms with Crippen LogP contribution in [0, 0.1) is 6.92 Å². The van der Waals surface area contributed by atoms with Gasteiger partial charge in [0.1, 0.15) is 0 Å². The number of halogens is 1. The lowest BCUT2D eigenvalue weighted by Crippen LogP contribution is -2.48. The van der Waals surface area contributed by atoms with Gasteiger partial charge in [-0.25, -0.2) is 4.68 Å². The van der Waals surface area contributed by atoms with Gasteiger partial charge in [-0.05, 0) is 44.4 Å². The summed E-state index contributed by atoms with van der Waals surface area (Å²) in [5.74, 6) is -0.587. The predicted molar refractivity (Wildman–Crippen MR) is 90.7 cm³/mol. The first-order chi connectivity index (χ1) is 11.4. The summed E-state index contributed by atoms with van der Waals surface area (Å²) in [6.45, 7) is 1.85. The van der Waals surface area contributed by atoms with Gasteiger partial charge in [-0.1, -0.05) is 17.7 Å². The molecule has 7 heteroatoms. The summed E-state index contributed by atoms with van der Waals surface area (Å²) in [7, 11) is 0. The van der Waals surface area contributed by atoms with E-state index in [0.717, 1.165) is 6.42 Å². The molecule has 0 atom stereocenters. The molecule has 0 radical (unpaired) electrons. The van der Waals surface area contributed by atoms with Crippen LogP contribution in [0.3, 0.4) is 0 Å². The largest absolute Gasteiger partial charge is 0.388 e. The van der Waals surface area contributed by atoms with E-state index in [1.54, 1.807) is 31.2 Å². The lowest BCUT2D eigenvalue weighted by molar-refractivity contribution is -0.0301. The number of aromatic nitrogens is 2. The third kappa shape index (κ3) is 3.34. The first kappa shape index (κ1) is 16.7. The topological polar surface area (TPSA) is 84.2 Å². The molecule has 1 aliphatic rings. The van der Waals surface area contributed by atoms with Crippen LogP contribution in [0.1, 0.15) is 35.4 Å². The van der Waals surface area contributed by atoms with Gasteiger partial charge in [0.2, 0.25) is 5.43 Å². The second-order valence-corrected chi connectivity index (χ2v) is 6.59. The number of nitrogens with one attached hydrogen (secondary N) is 1. The average molecular weight is 348 g/mol. The van der Waals surface area contributed by atoms with Gasteiger partial charge in [-0.2, -0.15) is 5.10 Å². The summed E-state index contributed by atoms with van der Waals surface area (Å²) in [6, 6.07) is 8.35. The van der Waals surface area contributed by atoms with Crippen molar-refractivity contribution in [1.82, 2.24) is 15.1 Å². The number of hydrogen-bond donors (Lipinski definition) is 2. The zero-order valence-corrected chi connectivity index (χ0v) is 14.0. The molecule has 2 aromatic rings. The molecule has 0 aliphatic heterocycles. The lowest BCUT2D eigenvalue weighted by atomic mass is 9.80. The summed E-state index contributed by atoms with van der Waals surface area (Å²) in [5, 5.41) is 17.4. The summed E-state index contributed by atoms with van der Waals surface area (Å²) in [6.07, 6.45) is 2.25. The Balaban J connectivity index is 1.89. The third-order valence-corrected chi connectivity index (χ3v) is 4.47. The molecule has 0 unspecified atom stereocenters. The fourth-order valence-corrected chi connectivity index (χ4v) is 2.85. The highest BCUT2D eigenvalue weighted by Crippen LogP contribution is 2.30. The van der Waals surface area contributed by atoms with Crippen LogP contribution in [0.2, 0.25) is 5.02 Å². The smallest absolute Gasteiger partial charge is 0.275 e. The van der Waals surface area contributed by atoms with Gasteiger partial charge >= 0.3 is 0 Å². The van der Waals surface area contributed by atoms with E-state index < -0.39 is 16.9 Å². The van der Waals surface area contributed by atoms with Gasteiger partial charge in [-0.3, -0.25) is 9.59 Å². The Morgan fingerprint density at radius 3 is 2.79 bits per heavy atom. The zero-order chi connectivity index (χ0) is 17.3. The fourth-order valence-electron chi connectivity index (χ4n) is 2.66. The fraction of sp³-hybridized carbons (Fsp3) is 0.353. The monoisotopic (exact) mass is 347 g/mol.